The van der Waals surface area contributed by atoms with Crippen molar-refractivity contribution in [3.8, 4) is 0 Å². The molecule has 3 heteroatoms. The summed E-state index contributed by atoms with van der Waals surface area (Å²) in [5, 5.41) is 22.2. The van der Waals surface area contributed by atoms with Crippen LogP contribution in [0.1, 0.15) is 98.8 Å². The first-order valence-electron chi connectivity index (χ1n) is 12.9. The molecule has 3 fully saturated rings. The van der Waals surface area contributed by atoms with Gasteiger partial charge in [0, 0.05) is 0 Å². The monoisotopic (exact) mass is 417 g/mol. The van der Waals surface area contributed by atoms with E-state index in [0.29, 0.717) is 17.8 Å². The molecule has 4 aliphatic carbocycles. The van der Waals surface area contributed by atoms with Crippen LogP contribution in [0.4, 0.5) is 0 Å². The van der Waals surface area contributed by atoms with Crippen molar-refractivity contribution < 1.29 is 15.3 Å². The van der Waals surface area contributed by atoms with Gasteiger partial charge in [-0.2, -0.15) is 0 Å². The van der Waals surface area contributed by atoms with E-state index in [1.165, 1.54) is 44.9 Å². The zero-order chi connectivity index (χ0) is 21.7. The van der Waals surface area contributed by atoms with Gasteiger partial charge in [-0.3, -0.25) is 5.26 Å². The molecule has 0 aromatic carbocycles. The van der Waals surface area contributed by atoms with Crippen molar-refractivity contribution in [2.24, 2.45) is 46.3 Å². The number of hydrogen-bond donors (Lipinski definition) is 1. The van der Waals surface area contributed by atoms with E-state index >= 15 is 0 Å². The first kappa shape index (κ1) is 22.8. The van der Waals surface area contributed by atoms with Gasteiger partial charge in [-0.05, 0) is 96.9 Å². The van der Waals surface area contributed by atoms with Gasteiger partial charge in [-0.1, -0.05) is 60.0 Å². The van der Waals surface area contributed by atoms with Gasteiger partial charge in [0.25, 0.3) is 0 Å². The van der Waals surface area contributed by atoms with Crippen molar-refractivity contribution in [2.45, 2.75) is 111 Å². The highest BCUT2D eigenvalue weighted by molar-refractivity contribution is 5.29. The molecule has 4 aliphatic rings. The lowest BCUT2D eigenvalue weighted by Gasteiger charge is -2.58. The predicted octanol–water partition coefficient (Wildman–Crippen LogP) is 7.30. The number of rotatable bonds is 6. The van der Waals surface area contributed by atoms with Gasteiger partial charge in [0.2, 0.25) is 0 Å². The smallest absolute Gasteiger partial charge is 0.144 e. The minimum atomic E-state index is -0.889. The van der Waals surface area contributed by atoms with Crippen LogP contribution in [-0.4, -0.2) is 17.5 Å². The van der Waals surface area contributed by atoms with Crippen LogP contribution in [-0.2, 0) is 9.99 Å². The second kappa shape index (κ2) is 8.52. The lowest BCUT2D eigenvalue weighted by atomic mass is 9.46. The highest BCUT2D eigenvalue weighted by Gasteiger charge is 2.60. The van der Waals surface area contributed by atoms with E-state index in [9.17, 15) is 10.4 Å². The van der Waals surface area contributed by atoms with Crippen molar-refractivity contribution in [2.75, 3.05) is 0 Å². The molecule has 30 heavy (non-hydrogen) atoms. The van der Waals surface area contributed by atoms with Crippen molar-refractivity contribution in [1.29, 1.82) is 0 Å². The zero-order valence-electron chi connectivity index (χ0n) is 20.0. The average molecular weight is 418 g/mol. The fourth-order valence-corrected chi connectivity index (χ4v) is 8.81. The molecular weight excluding hydrogens is 372 g/mol. The second-order valence-electron chi connectivity index (χ2n) is 12.3. The van der Waals surface area contributed by atoms with Gasteiger partial charge in [-0.25, -0.2) is 9.99 Å². The van der Waals surface area contributed by atoms with E-state index < -0.39 is 12.2 Å². The number of fused-ring (bicyclic) bond motifs is 5. The quantitative estimate of drug-likeness (QED) is 0.280. The zero-order valence-corrected chi connectivity index (χ0v) is 20.0. The summed E-state index contributed by atoms with van der Waals surface area (Å²) < 4.78 is 0. The topological polar surface area (TPSA) is 49.4 Å². The summed E-state index contributed by atoms with van der Waals surface area (Å²) in [5.74, 6) is 4.73. The Morgan fingerprint density at radius 3 is 2.53 bits per heavy atom. The molecule has 1 N–H and O–H groups in total. The molecule has 0 aliphatic heterocycles. The van der Waals surface area contributed by atoms with E-state index in [1.807, 2.05) is 0 Å². The average Bonchev–Trinajstić information content (AvgIpc) is 3.05. The van der Waals surface area contributed by atoms with Crippen molar-refractivity contribution >= 4 is 0 Å². The molecule has 0 bridgehead atoms. The van der Waals surface area contributed by atoms with E-state index in [2.05, 4.69) is 45.6 Å². The van der Waals surface area contributed by atoms with E-state index in [-0.39, 0.29) is 5.41 Å². The number of allylic oxidation sites excluding steroid dienone is 1. The Morgan fingerprint density at radius 1 is 1.07 bits per heavy atom. The van der Waals surface area contributed by atoms with Crippen molar-refractivity contribution in [3.63, 3.8) is 0 Å². The minimum Gasteiger partial charge on any atom is -0.251 e. The summed E-state index contributed by atoms with van der Waals surface area (Å²) in [6.07, 6.45) is 13.1. The molecule has 3 nitrogen and oxygen atoms in total. The molecule has 0 saturated heterocycles. The maximum absolute atomic E-state index is 13.0. The highest BCUT2D eigenvalue weighted by atomic mass is 17.1. The third kappa shape index (κ3) is 3.61. The van der Waals surface area contributed by atoms with Crippen LogP contribution in [0.5, 0.6) is 0 Å². The Labute approximate surface area is 184 Å². The Morgan fingerprint density at radius 2 is 1.83 bits per heavy atom. The summed E-state index contributed by atoms with van der Waals surface area (Å²) >= 11 is 0. The molecule has 0 aromatic heterocycles. The summed E-state index contributed by atoms with van der Waals surface area (Å²) in [7, 11) is 0. The Balaban J connectivity index is 1.51. The molecule has 0 aromatic rings. The molecule has 0 heterocycles. The molecule has 0 amide bonds. The molecule has 171 valence electrons. The molecule has 1 radical (unpaired) electrons. The fraction of sp³-hybridized carbons (Fsp3) is 0.926. The fourth-order valence-electron chi connectivity index (χ4n) is 8.81. The Bertz CT molecular complexity index is 642. The lowest BCUT2D eigenvalue weighted by Crippen LogP contribution is -2.53. The summed E-state index contributed by atoms with van der Waals surface area (Å²) in [4.78, 5) is 4.55. The molecule has 0 spiro atoms. The van der Waals surface area contributed by atoms with Crippen molar-refractivity contribution in [3.05, 3.63) is 11.6 Å². The molecule has 9 atom stereocenters. The molecular formula is C27H45O3. The first-order valence-corrected chi connectivity index (χ1v) is 12.9. The van der Waals surface area contributed by atoms with Crippen LogP contribution < -0.4 is 0 Å². The third-order valence-electron chi connectivity index (χ3n) is 10.5. The van der Waals surface area contributed by atoms with E-state index in [4.69, 9.17) is 0 Å². The summed E-state index contributed by atoms with van der Waals surface area (Å²) in [5.41, 5.74) is 1.56. The van der Waals surface area contributed by atoms with Crippen LogP contribution in [0, 0.1) is 46.3 Å². The van der Waals surface area contributed by atoms with Crippen LogP contribution in [0.15, 0.2) is 11.6 Å². The van der Waals surface area contributed by atoms with Gasteiger partial charge >= 0.3 is 0 Å². The summed E-state index contributed by atoms with van der Waals surface area (Å²) in [6.45, 7) is 12.2. The molecule has 1 unspecified atom stereocenters. The maximum Gasteiger partial charge on any atom is 0.144 e. The van der Waals surface area contributed by atoms with Gasteiger partial charge in [0.05, 0.1) is 0 Å². The molecule has 3 saturated carbocycles. The van der Waals surface area contributed by atoms with Crippen LogP contribution in [0.3, 0.4) is 0 Å². The predicted molar refractivity (Wildman–Crippen MR) is 120 cm³/mol. The van der Waals surface area contributed by atoms with Gasteiger partial charge < -0.3 is 0 Å². The van der Waals surface area contributed by atoms with Gasteiger partial charge in [0.15, 0.2) is 0 Å². The first-order chi connectivity index (χ1) is 14.2. The van der Waals surface area contributed by atoms with Crippen LogP contribution >= 0.6 is 0 Å². The van der Waals surface area contributed by atoms with E-state index in [1.54, 1.807) is 0 Å². The van der Waals surface area contributed by atoms with Crippen molar-refractivity contribution in [1.82, 2.24) is 0 Å². The minimum absolute atomic E-state index is 0.0205. The third-order valence-corrected chi connectivity index (χ3v) is 10.5. The van der Waals surface area contributed by atoms with Crippen LogP contribution in [0.25, 0.3) is 0 Å². The largest absolute Gasteiger partial charge is 0.251 e. The van der Waals surface area contributed by atoms with Gasteiger partial charge in [0.1, 0.15) is 12.2 Å². The normalized spacial score (nSPS) is 46.7. The van der Waals surface area contributed by atoms with Crippen LogP contribution in [0.2, 0.25) is 0 Å². The standard InChI is InChI=1S/C27H45O3/c1-17(2)7-6-8-18(3)20-11-12-21-19-9-10-23-25(28)24(30-29)14-16-27(23,5)22(19)13-15-26(20,21)4/h10,17-22,24-25,29H,6-9,11-16H2,1-5H3/t18-,19+,20-,21+,22+,24-,25?,26-,27-/m1/s1. The van der Waals surface area contributed by atoms with Gasteiger partial charge in [-0.15, -0.1) is 0 Å². The summed E-state index contributed by atoms with van der Waals surface area (Å²) in [6, 6.07) is 0. The number of hydrogen-bond acceptors (Lipinski definition) is 2. The maximum atomic E-state index is 13.0. The highest BCUT2D eigenvalue weighted by Crippen LogP contribution is 2.67. The Hall–Kier alpha value is -0.380. The molecule has 4 rings (SSSR count). The lowest BCUT2D eigenvalue weighted by molar-refractivity contribution is -0.306. The SMILES string of the molecule is CC(C)CCC[C@@H](C)[C@H]1CC[C@H]2[C@@H]3CC=C4C([O])[C@H](OO)CC[C@]4(C)[C@H]3CC[C@]12C. The second-order valence-corrected chi connectivity index (χ2v) is 12.3. The Kier molecular flexibility index (Phi) is 6.48. The van der Waals surface area contributed by atoms with E-state index in [0.717, 1.165) is 48.0 Å².